The van der Waals surface area contributed by atoms with Crippen LogP contribution >= 0.6 is 0 Å². The Morgan fingerprint density at radius 1 is 0.933 bits per heavy atom. The van der Waals surface area contributed by atoms with E-state index in [4.69, 9.17) is 9.47 Å². The molecule has 0 bridgehead atoms. The fraction of sp³-hybridized carbons (Fsp3) is 0.556. The zero-order valence-corrected chi connectivity index (χ0v) is 18.6. The van der Waals surface area contributed by atoms with Gasteiger partial charge in [0.25, 0.3) is 0 Å². The molecule has 0 aromatic heterocycles. The van der Waals surface area contributed by atoms with Gasteiger partial charge in [-0.3, -0.25) is 0 Å². The first kappa shape index (κ1) is 19.9. The molecule has 2 saturated carbocycles. The summed E-state index contributed by atoms with van der Waals surface area (Å²) in [7, 11) is 3.50. The van der Waals surface area contributed by atoms with Gasteiger partial charge in [0.1, 0.15) is 11.5 Å². The molecule has 0 aliphatic heterocycles. The van der Waals surface area contributed by atoms with Crippen molar-refractivity contribution in [1.29, 1.82) is 0 Å². The molecule has 0 unspecified atom stereocenters. The van der Waals surface area contributed by atoms with Gasteiger partial charge < -0.3 is 14.8 Å². The average molecular weight is 406 g/mol. The number of hydrogen-bond acceptors (Lipinski definition) is 3. The minimum Gasteiger partial charge on any atom is -0.497 e. The van der Waals surface area contributed by atoms with E-state index in [-0.39, 0.29) is 0 Å². The SMILES string of the molecule is COc1ccc(CN[C@H]2CC[C@H]3[C@@H]4CCc5cc(OC)ccc5[C@H]4CC[C@]23C)cc1. The minimum atomic E-state index is 0.428. The molecule has 2 aromatic carbocycles. The topological polar surface area (TPSA) is 30.5 Å². The van der Waals surface area contributed by atoms with Crippen LogP contribution in [0, 0.1) is 17.3 Å². The molecule has 1 N–H and O–H groups in total. The Morgan fingerprint density at radius 3 is 2.47 bits per heavy atom. The molecule has 3 aliphatic rings. The zero-order chi connectivity index (χ0) is 20.7. The molecule has 0 spiro atoms. The Labute approximate surface area is 181 Å². The highest BCUT2D eigenvalue weighted by Gasteiger charge is 2.54. The van der Waals surface area contributed by atoms with Crippen molar-refractivity contribution in [2.75, 3.05) is 14.2 Å². The fourth-order valence-corrected chi connectivity index (χ4v) is 7.01. The van der Waals surface area contributed by atoms with Crippen molar-refractivity contribution in [2.45, 2.75) is 64.0 Å². The van der Waals surface area contributed by atoms with Gasteiger partial charge >= 0.3 is 0 Å². The second-order valence-electron chi connectivity index (χ2n) is 9.88. The van der Waals surface area contributed by atoms with Crippen molar-refractivity contribution in [2.24, 2.45) is 17.3 Å². The van der Waals surface area contributed by atoms with Crippen LogP contribution in [-0.2, 0) is 13.0 Å². The van der Waals surface area contributed by atoms with Crippen molar-refractivity contribution in [3.63, 3.8) is 0 Å². The predicted molar refractivity (Wildman–Crippen MR) is 121 cm³/mol. The Morgan fingerprint density at radius 2 is 1.70 bits per heavy atom. The molecule has 0 amide bonds. The Kier molecular flexibility index (Phi) is 5.26. The summed E-state index contributed by atoms with van der Waals surface area (Å²) < 4.78 is 10.8. The number of benzene rings is 2. The fourth-order valence-electron chi connectivity index (χ4n) is 7.01. The molecule has 160 valence electrons. The van der Waals surface area contributed by atoms with Gasteiger partial charge in [0.15, 0.2) is 0 Å². The van der Waals surface area contributed by atoms with Crippen LogP contribution in [0.3, 0.4) is 0 Å². The smallest absolute Gasteiger partial charge is 0.119 e. The predicted octanol–water partition coefficient (Wildman–Crippen LogP) is 5.72. The number of rotatable bonds is 5. The second kappa shape index (κ2) is 7.92. The van der Waals surface area contributed by atoms with E-state index in [9.17, 15) is 0 Å². The van der Waals surface area contributed by atoms with Crippen LogP contribution < -0.4 is 14.8 Å². The standard InChI is InChI=1S/C27H35NO2/c1-27-15-14-23-22-11-9-21(30-3)16-19(22)6-10-24(23)25(27)12-13-26(27)28-17-18-4-7-20(29-2)8-5-18/h4-5,7-9,11,16,23-26,28H,6,10,12-15,17H2,1-3H3/t23-,24-,25+,26+,27+/m1/s1. The summed E-state index contributed by atoms with van der Waals surface area (Å²) in [5.74, 6) is 4.38. The number of hydrogen-bond donors (Lipinski definition) is 1. The molecule has 5 rings (SSSR count). The van der Waals surface area contributed by atoms with Gasteiger partial charge in [-0.1, -0.05) is 25.1 Å². The highest BCUT2D eigenvalue weighted by atomic mass is 16.5. The molecular weight excluding hydrogens is 370 g/mol. The maximum Gasteiger partial charge on any atom is 0.119 e. The van der Waals surface area contributed by atoms with Crippen molar-refractivity contribution in [3.8, 4) is 11.5 Å². The number of aryl methyl sites for hydroxylation is 1. The van der Waals surface area contributed by atoms with E-state index in [1.165, 1.54) is 49.7 Å². The average Bonchev–Trinajstić information content (AvgIpc) is 3.13. The van der Waals surface area contributed by atoms with Crippen molar-refractivity contribution in [1.82, 2.24) is 5.32 Å². The van der Waals surface area contributed by atoms with Gasteiger partial charge in [-0.05, 0) is 103 Å². The monoisotopic (exact) mass is 405 g/mol. The number of nitrogens with one attached hydrogen (secondary N) is 1. The first-order valence-corrected chi connectivity index (χ1v) is 11.7. The van der Waals surface area contributed by atoms with Crippen molar-refractivity contribution >= 4 is 0 Å². The third kappa shape index (κ3) is 3.32. The summed E-state index contributed by atoms with van der Waals surface area (Å²) in [5, 5.41) is 3.95. The van der Waals surface area contributed by atoms with Gasteiger partial charge in [-0.15, -0.1) is 0 Å². The van der Waals surface area contributed by atoms with Crippen LogP contribution in [0.25, 0.3) is 0 Å². The lowest BCUT2D eigenvalue weighted by molar-refractivity contribution is 0.0408. The zero-order valence-electron chi connectivity index (χ0n) is 18.6. The van der Waals surface area contributed by atoms with Gasteiger partial charge in [-0.25, -0.2) is 0 Å². The minimum absolute atomic E-state index is 0.428. The van der Waals surface area contributed by atoms with Gasteiger partial charge in [0.2, 0.25) is 0 Å². The largest absolute Gasteiger partial charge is 0.497 e. The van der Waals surface area contributed by atoms with Crippen molar-refractivity contribution < 1.29 is 9.47 Å². The summed E-state index contributed by atoms with van der Waals surface area (Å²) >= 11 is 0. The number of fused-ring (bicyclic) bond motifs is 5. The van der Waals surface area contributed by atoms with Gasteiger partial charge in [-0.2, -0.15) is 0 Å². The van der Waals surface area contributed by atoms with E-state index < -0.39 is 0 Å². The molecule has 0 saturated heterocycles. The van der Waals surface area contributed by atoms with E-state index in [0.29, 0.717) is 11.5 Å². The van der Waals surface area contributed by atoms with E-state index in [1.54, 1.807) is 19.8 Å². The van der Waals surface area contributed by atoms with Crippen LogP contribution in [0.4, 0.5) is 0 Å². The van der Waals surface area contributed by atoms with E-state index in [2.05, 4.69) is 54.7 Å². The highest BCUT2D eigenvalue weighted by molar-refractivity contribution is 5.40. The van der Waals surface area contributed by atoms with E-state index >= 15 is 0 Å². The molecule has 2 aromatic rings. The summed E-state index contributed by atoms with van der Waals surface area (Å²) in [5.41, 5.74) is 4.92. The van der Waals surface area contributed by atoms with Crippen LogP contribution in [0.1, 0.15) is 61.6 Å². The molecule has 3 nitrogen and oxygen atoms in total. The number of ether oxygens (including phenoxy) is 2. The van der Waals surface area contributed by atoms with Crippen LogP contribution in [0.2, 0.25) is 0 Å². The third-order valence-electron chi connectivity index (χ3n) is 8.65. The van der Waals surface area contributed by atoms with Gasteiger partial charge in [0.05, 0.1) is 14.2 Å². The molecule has 5 atom stereocenters. The number of methoxy groups -OCH3 is 2. The lowest BCUT2D eigenvalue weighted by atomic mass is 9.55. The Balaban J connectivity index is 1.30. The Hall–Kier alpha value is -2.00. The van der Waals surface area contributed by atoms with Crippen molar-refractivity contribution in [3.05, 3.63) is 59.2 Å². The molecule has 30 heavy (non-hydrogen) atoms. The summed E-state index contributed by atoms with van der Waals surface area (Å²) in [6, 6.07) is 15.9. The molecular formula is C27H35NO2. The molecule has 3 aliphatic carbocycles. The summed E-state index contributed by atoms with van der Waals surface area (Å²) in [4.78, 5) is 0. The maximum atomic E-state index is 5.48. The third-order valence-corrected chi connectivity index (χ3v) is 8.65. The Bertz CT molecular complexity index is 892. The van der Waals surface area contributed by atoms with Crippen LogP contribution in [0.5, 0.6) is 11.5 Å². The van der Waals surface area contributed by atoms with Gasteiger partial charge in [0, 0.05) is 12.6 Å². The summed E-state index contributed by atoms with van der Waals surface area (Å²) in [6.07, 6.45) is 7.92. The lowest BCUT2D eigenvalue weighted by Gasteiger charge is -2.51. The highest BCUT2D eigenvalue weighted by Crippen LogP contribution is 2.61. The molecule has 3 heteroatoms. The maximum absolute atomic E-state index is 5.48. The van der Waals surface area contributed by atoms with E-state index in [0.717, 1.165) is 35.8 Å². The van der Waals surface area contributed by atoms with E-state index in [1.807, 2.05) is 0 Å². The summed E-state index contributed by atoms with van der Waals surface area (Å²) in [6.45, 7) is 3.53. The quantitative estimate of drug-likeness (QED) is 0.690. The first-order chi connectivity index (χ1) is 14.6. The van der Waals surface area contributed by atoms with Crippen LogP contribution in [0.15, 0.2) is 42.5 Å². The lowest BCUT2D eigenvalue weighted by Crippen LogP contribution is -2.48. The van der Waals surface area contributed by atoms with Crippen LogP contribution in [-0.4, -0.2) is 20.3 Å². The normalized spacial score (nSPS) is 32.1. The first-order valence-electron chi connectivity index (χ1n) is 11.7. The molecule has 2 fully saturated rings. The molecule has 0 radical (unpaired) electrons. The second-order valence-corrected chi connectivity index (χ2v) is 9.88. The molecule has 0 heterocycles.